The highest BCUT2D eigenvalue weighted by Gasteiger charge is 1.99. The molecule has 0 atom stereocenters. The van der Waals surface area contributed by atoms with E-state index < -0.39 is 0 Å². The summed E-state index contributed by atoms with van der Waals surface area (Å²) in [5.74, 6) is 0.628. The number of hydrogen-bond donors (Lipinski definition) is 1. The van der Waals surface area contributed by atoms with E-state index in [0.29, 0.717) is 6.54 Å². The summed E-state index contributed by atoms with van der Waals surface area (Å²) in [4.78, 5) is 11.0. The Morgan fingerprint density at radius 1 is 1.43 bits per heavy atom. The molecule has 0 aliphatic rings. The molecule has 0 aliphatic heterocycles. The van der Waals surface area contributed by atoms with E-state index >= 15 is 0 Å². The summed E-state index contributed by atoms with van der Waals surface area (Å²) in [6, 6.07) is 7.57. The Balaban J connectivity index is 2.38. The van der Waals surface area contributed by atoms with Gasteiger partial charge in [-0.3, -0.25) is 4.79 Å². The smallest absolute Gasteiger partial charge is 0.257 e. The first-order chi connectivity index (χ1) is 6.72. The van der Waals surface area contributed by atoms with Crippen molar-refractivity contribution in [1.82, 2.24) is 5.32 Å². The van der Waals surface area contributed by atoms with Crippen LogP contribution >= 0.6 is 22.6 Å². The van der Waals surface area contributed by atoms with E-state index in [2.05, 4.69) is 27.9 Å². The highest BCUT2D eigenvalue weighted by Crippen LogP contribution is 2.12. The quantitative estimate of drug-likeness (QED) is 0.862. The Hall–Kier alpha value is -0.780. The van der Waals surface area contributed by atoms with Crippen LogP contribution in [0.25, 0.3) is 0 Å². The zero-order valence-corrected chi connectivity index (χ0v) is 10.1. The third-order valence-corrected chi connectivity index (χ3v) is 2.28. The maximum Gasteiger partial charge on any atom is 0.257 e. The molecule has 1 amide bonds. The van der Waals surface area contributed by atoms with Gasteiger partial charge in [-0.2, -0.15) is 0 Å². The molecule has 0 bridgehead atoms. The van der Waals surface area contributed by atoms with Crippen molar-refractivity contribution in [2.24, 2.45) is 0 Å². The van der Waals surface area contributed by atoms with E-state index in [9.17, 15) is 4.79 Å². The first-order valence-corrected chi connectivity index (χ1v) is 5.45. The standard InChI is InChI=1S/C10H12INO2/c1-2-12-10(13)7-14-9-5-3-8(11)4-6-9/h3-6H,2,7H2,1H3,(H,12,13). The molecule has 1 aromatic carbocycles. The molecule has 76 valence electrons. The highest BCUT2D eigenvalue weighted by atomic mass is 127. The van der Waals surface area contributed by atoms with Crippen molar-refractivity contribution < 1.29 is 9.53 Å². The minimum Gasteiger partial charge on any atom is -0.484 e. The van der Waals surface area contributed by atoms with Gasteiger partial charge in [-0.25, -0.2) is 0 Å². The van der Waals surface area contributed by atoms with Crippen LogP contribution in [-0.4, -0.2) is 19.1 Å². The first kappa shape index (κ1) is 11.3. The number of carbonyl (C=O) groups is 1. The van der Waals surface area contributed by atoms with Crippen LogP contribution < -0.4 is 10.1 Å². The van der Waals surface area contributed by atoms with Crippen molar-refractivity contribution in [1.29, 1.82) is 0 Å². The normalized spacial score (nSPS) is 9.57. The molecule has 1 aromatic rings. The third-order valence-electron chi connectivity index (χ3n) is 1.56. The van der Waals surface area contributed by atoms with E-state index in [1.54, 1.807) is 0 Å². The maximum absolute atomic E-state index is 11.0. The molecule has 1 N–H and O–H groups in total. The average molecular weight is 305 g/mol. The van der Waals surface area contributed by atoms with Gasteiger partial charge in [0.25, 0.3) is 5.91 Å². The summed E-state index contributed by atoms with van der Waals surface area (Å²) in [5.41, 5.74) is 0. The Bertz CT molecular complexity index is 297. The van der Waals surface area contributed by atoms with E-state index in [1.807, 2.05) is 31.2 Å². The topological polar surface area (TPSA) is 38.3 Å². The molecular weight excluding hydrogens is 293 g/mol. The molecule has 0 saturated heterocycles. The number of carbonyl (C=O) groups excluding carboxylic acids is 1. The monoisotopic (exact) mass is 305 g/mol. The molecule has 0 radical (unpaired) electrons. The number of hydrogen-bond acceptors (Lipinski definition) is 2. The van der Waals surface area contributed by atoms with Gasteiger partial charge >= 0.3 is 0 Å². The minimum atomic E-state index is -0.0916. The number of ether oxygens (including phenoxy) is 1. The number of benzene rings is 1. The molecule has 14 heavy (non-hydrogen) atoms. The zero-order valence-electron chi connectivity index (χ0n) is 7.92. The van der Waals surface area contributed by atoms with Gasteiger partial charge in [0.1, 0.15) is 5.75 Å². The van der Waals surface area contributed by atoms with Crippen LogP contribution in [0.2, 0.25) is 0 Å². The van der Waals surface area contributed by atoms with Gasteiger partial charge in [0.2, 0.25) is 0 Å². The molecule has 4 heteroatoms. The molecule has 0 saturated carbocycles. The van der Waals surface area contributed by atoms with E-state index in [1.165, 1.54) is 0 Å². The first-order valence-electron chi connectivity index (χ1n) is 4.37. The fraction of sp³-hybridized carbons (Fsp3) is 0.300. The van der Waals surface area contributed by atoms with Gasteiger partial charge in [0.15, 0.2) is 6.61 Å². The SMILES string of the molecule is CCNC(=O)COc1ccc(I)cc1. The lowest BCUT2D eigenvalue weighted by Gasteiger charge is -2.05. The van der Waals surface area contributed by atoms with Crippen LogP contribution in [0.15, 0.2) is 24.3 Å². The van der Waals surface area contributed by atoms with Crippen LogP contribution in [0.5, 0.6) is 5.75 Å². The van der Waals surface area contributed by atoms with Crippen molar-refractivity contribution >= 4 is 28.5 Å². The van der Waals surface area contributed by atoms with Crippen molar-refractivity contribution in [2.45, 2.75) is 6.92 Å². The second kappa shape index (κ2) is 5.85. The molecule has 1 rings (SSSR count). The molecule has 0 fully saturated rings. The summed E-state index contributed by atoms with van der Waals surface area (Å²) < 4.78 is 6.41. The predicted octanol–water partition coefficient (Wildman–Crippen LogP) is 1.81. The zero-order chi connectivity index (χ0) is 10.4. The molecule has 0 heterocycles. The van der Waals surface area contributed by atoms with Gasteiger partial charge in [0.05, 0.1) is 0 Å². The van der Waals surface area contributed by atoms with Crippen LogP contribution in [0.4, 0.5) is 0 Å². The fourth-order valence-corrected chi connectivity index (χ4v) is 1.29. The second-order valence-electron chi connectivity index (χ2n) is 2.70. The molecule has 0 aromatic heterocycles. The Kier molecular flexibility index (Phi) is 4.72. The van der Waals surface area contributed by atoms with Crippen molar-refractivity contribution in [3.05, 3.63) is 27.8 Å². The second-order valence-corrected chi connectivity index (χ2v) is 3.94. The van der Waals surface area contributed by atoms with Crippen LogP contribution in [0.3, 0.4) is 0 Å². The predicted molar refractivity (Wildman–Crippen MR) is 63.3 cm³/mol. The number of amides is 1. The molecule has 0 spiro atoms. The van der Waals surface area contributed by atoms with Gasteiger partial charge in [0, 0.05) is 10.1 Å². The average Bonchev–Trinajstić information content (AvgIpc) is 2.17. The largest absolute Gasteiger partial charge is 0.484 e. The number of nitrogens with one attached hydrogen (secondary N) is 1. The van der Waals surface area contributed by atoms with Crippen molar-refractivity contribution in [3.63, 3.8) is 0 Å². The summed E-state index contributed by atoms with van der Waals surface area (Å²) in [6.45, 7) is 2.59. The lowest BCUT2D eigenvalue weighted by atomic mass is 10.3. The lowest BCUT2D eigenvalue weighted by Crippen LogP contribution is -2.28. The van der Waals surface area contributed by atoms with E-state index in [4.69, 9.17) is 4.74 Å². The minimum absolute atomic E-state index is 0.0778. The van der Waals surface area contributed by atoms with Gasteiger partial charge in [-0.15, -0.1) is 0 Å². The molecule has 0 unspecified atom stereocenters. The summed E-state index contributed by atoms with van der Waals surface area (Å²) >= 11 is 2.22. The van der Waals surface area contributed by atoms with Gasteiger partial charge in [-0.05, 0) is 53.8 Å². The van der Waals surface area contributed by atoms with Crippen molar-refractivity contribution in [3.8, 4) is 5.75 Å². The Morgan fingerprint density at radius 3 is 2.64 bits per heavy atom. The van der Waals surface area contributed by atoms with Crippen LogP contribution in [0.1, 0.15) is 6.92 Å². The van der Waals surface area contributed by atoms with Gasteiger partial charge in [-0.1, -0.05) is 0 Å². The maximum atomic E-state index is 11.0. The number of rotatable bonds is 4. The Labute approximate surface area is 97.0 Å². The third kappa shape index (κ3) is 3.95. The van der Waals surface area contributed by atoms with Crippen LogP contribution in [-0.2, 0) is 4.79 Å². The summed E-state index contributed by atoms with van der Waals surface area (Å²) in [6.07, 6.45) is 0. The lowest BCUT2D eigenvalue weighted by molar-refractivity contribution is -0.122. The molecular formula is C10H12INO2. The summed E-state index contributed by atoms with van der Waals surface area (Å²) in [7, 11) is 0. The Morgan fingerprint density at radius 2 is 2.07 bits per heavy atom. The van der Waals surface area contributed by atoms with E-state index in [0.717, 1.165) is 9.32 Å². The number of halogens is 1. The molecule has 0 aliphatic carbocycles. The highest BCUT2D eigenvalue weighted by molar-refractivity contribution is 14.1. The van der Waals surface area contributed by atoms with E-state index in [-0.39, 0.29) is 12.5 Å². The number of likely N-dealkylation sites (N-methyl/N-ethyl adjacent to an activating group) is 1. The van der Waals surface area contributed by atoms with Crippen molar-refractivity contribution in [2.75, 3.05) is 13.2 Å². The summed E-state index contributed by atoms with van der Waals surface area (Å²) in [5, 5.41) is 2.66. The molecule has 3 nitrogen and oxygen atoms in total. The fourth-order valence-electron chi connectivity index (χ4n) is 0.928. The van der Waals surface area contributed by atoms with Gasteiger partial charge < -0.3 is 10.1 Å². The van der Waals surface area contributed by atoms with Crippen LogP contribution in [0, 0.1) is 3.57 Å².